The molecular formula is C19H26. The van der Waals surface area contributed by atoms with Crippen molar-refractivity contribution in [2.45, 2.75) is 46.5 Å². The van der Waals surface area contributed by atoms with Crippen molar-refractivity contribution in [1.29, 1.82) is 0 Å². The maximum absolute atomic E-state index is 2.23. The predicted octanol–water partition coefficient (Wildman–Crippen LogP) is 6.11. The first-order chi connectivity index (χ1) is 9.31. The van der Waals surface area contributed by atoms with E-state index in [4.69, 9.17) is 0 Å². The zero-order chi connectivity index (χ0) is 13.9. The van der Waals surface area contributed by atoms with Gasteiger partial charge in [0.1, 0.15) is 0 Å². The average molecular weight is 254 g/mol. The van der Waals surface area contributed by atoms with E-state index in [-0.39, 0.29) is 0 Å². The molecule has 0 aliphatic heterocycles. The highest BCUT2D eigenvalue weighted by atomic mass is 14.0. The van der Waals surface area contributed by atoms with E-state index in [1.165, 1.54) is 42.4 Å². The van der Waals surface area contributed by atoms with Gasteiger partial charge in [0.2, 0.25) is 0 Å². The molecule has 0 radical (unpaired) electrons. The van der Waals surface area contributed by atoms with Crippen LogP contribution in [0, 0.1) is 0 Å². The summed E-state index contributed by atoms with van der Waals surface area (Å²) in [5.74, 6) is 0. The van der Waals surface area contributed by atoms with E-state index in [0.29, 0.717) is 0 Å². The van der Waals surface area contributed by atoms with Gasteiger partial charge in [-0.25, -0.2) is 0 Å². The summed E-state index contributed by atoms with van der Waals surface area (Å²) >= 11 is 0. The lowest BCUT2D eigenvalue weighted by molar-refractivity contribution is 0.886. The second-order valence-electron chi connectivity index (χ2n) is 4.81. The summed E-state index contributed by atoms with van der Waals surface area (Å²) in [6.45, 7) is 6.57. The van der Waals surface area contributed by atoms with Gasteiger partial charge in [-0.2, -0.15) is 0 Å². The van der Waals surface area contributed by atoms with Crippen molar-refractivity contribution in [1.82, 2.24) is 0 Å². The number of hydrogen-bond acceptors (Lipinski definition) is 0. The Labute approximate surface area is 118 Å². The highest BCUT2D eigenvalue weighted by Crippen LogP contribution is 2.19. The average Bonchev–Trinajstić information content (AvgIpc) is 2.49. The second kappa shape index (κ2) is 9.38. The Balaban J connectivity index is 0.000000399. The van der Waals surface area contributed by atoms with Crippen LogP contribution < -0.4 is 0 Å². The van der Waals surface area contributed by atoms with Crippen LogP contribution in [0.25, 0.3) is 11.1 Å². The molecule has 19 heavy (non-hydrogen) atoms. The number of rotatable bonds is 4. The van der Waals surface area contributed by atoms with Crippen LogP contribution in [0.4, 0.5) is 0 Å². The molecule has 0 aliphatic rings. The highest BCUT2D eigenvalue weighted by Gasteiger charge is 1.96. The van der Waals surface area contributed by atoms with Crippen LogP contribution in [0.1, 0.15) is 45.6 Å². The Kier molecular flexibility index (Phi) is 7.65. The van der Waals surface area contributed by atoms with Crippen molar-refractivity contribution < 1.29 is 0 Å². The van der Waals surface area contributed by atoms with E-state index >= 15 is 0 Å². The maximum atomic E-state index is 2.23. The number of unbranched alkanes of at least 4 members (excludes halogenated alkanes) is 1. The smallest absolute Gasteiger partial charge is 0.0184 e. The van der Waals surface area contributed by atoms with Crippen molar-refractivity contribution in [2.24, 2.45) is 0 Å². The summed E-state index contributed by atoms with van der Waals surface area (Å²) in [6, 6.07) is 19.4. The number of benzene rings is 2. The maximum Gasteiger partial charge on any atom is -0.0184 e. The van der Waals surface area contributed by atoms with Gasteiger partial charge in [0, 0.05) is 0 Å². The molecule has 0 N–H and O–H groups in total. The van der Waals surface area contributed by atoms with Gasteiger partial charge in [0.15, 0.2) is 0 Å². The molecule has 102 valence electrons. The second-order valence-corrected chi connectivity index (χ2v) is 4.81. The summed E-state index contributed by atoms with van der Waals surface area (Å²) in [5.41, 5.74) is 4.02. The Morgan fingerprint density at radius 2 is 1.11 bits per heavy atom. The van der Waals surface area contributed by atoms with Crippen molar-refractivity contribution in [2.75, 3.05) is 0 Å². The lowest BCUT2D eigenvalue weighted by Gasteiger charge is -2.03. The van der Waals surface area contributed by atoms with Gasteiger partial charge in [-0.05, 0) is 23.1 Å². The normalized spacial score (nSPS) is 9.63. The van der Waals surface area contributed by atoms with Crippen molar-refractivity contribution in [3.8, 4) is 11.1 Å². The van der Waals surface area contributed by atoms with E-state index in [2.05, 4.69) is 75.4 Å². The Bertz CT molecular complexity index is 423. The fourth-order valence-electron chi connectivity index (χ4n) is 1.78. The molecule has 0 spiro atoms. The molecule has 0 fully saturated rings. The van der Waals surface area contributed by atoms with E-state index in [9.17, 15) is 0 Å². The van der Waals surface area contributed by atoms with Crippen LogP contribution in [-0.4, -0.2) is 0 Å². The van der Waals surface area contributed by atoms with Gasteiger partial charge < -0.3 is 0 Å². The van der Waals surface area contributed by atoms with Crippen molar-refractivity contribution in [3.63, 3.8) is 0 Å². The van der Waals surface area contributed by atoms with E-state index in [0.717, 1.165) is 0 Å². The first-order valence-electron chi connectivity index (χ1n) is 7.46. The molecule has 0 atom stereocenters. The molecule has 2 rings (SSSR count). The first-order valence-corrected chi connectivity index (χ1v) is 7.46. The fourth-order valence-corrected chi connectivity index (χ4v) is 1.78. The van der Waals surface area contributed by atoms with Gasteiger partial charge in [-0.1, -0.05) is 94.6 Å². The van der Waals surface area contributed by atoms with Crippen LogP contribution in [0.2, 0.25) is 0 Å². The third-order valence-electron chi connectivity index (χ3n) is 3.10. The van der Waals surface area contributed by atoms with Gasteiger partial charge in [0.05, 0.1) is 0 Å². The molecule has 0 aliphatic carbocycles. The van der Waals surface area contributed by atoms with Crippen LogP contribution in [0.5, 0.6) is 0 Å². The van der Waals surface area contributed by atoms with Gasteiger partial charge in [-0.15, -0.1) is 0 Å². The molecule has 0 saturated carbocycles. The molecule has 2 aromatic rings. The largest absolute Gasteiger partial charge is 0.0654 e. The zero-order valence-corrected chi connectivity index (χ0v) is 12.5. The minimum atomic E-state index is 1.18. The standard InChI is InChI=1S/C15H16.C4H10/c1-2-6-13-9-11-15(12-10-13)14-7-4-3-5-8-14;1-3-4-2/h3-5,7-12H,2,6H2,1H3;3-4H2,1-2H3. The summed E-state index contributed by atoms with van der Waals surface area (Å²) in [4.78, 5) is 0. The molecule has 0 bridgehead atoms. The molecule has 0 heterocycles. The van der Waals surface area contributed by atoms with Crippen LogP contribution in [0.15, 0.2) is 54.6 Å². The summed E-state index contributed by atoms with van der Waals surface area (Å²) in [5, 5.41) is 0. The van der Waals surface area contributed by atoms with Crippen LogP contribution in [0.3, 0.4) is 0 Å². The molecule has 0 saturated heterocycles. The minimum absolute atomic E-state index is 1.18. The van der Waals surface area contributed by atoms with Gasteiger partial charge in [0.25, 0.3) is 0 Å². The fraction of sp³-hybridized carbons (Fsp3) is 0.368. The first kappa shape index (κ1) is 15.5. The van der Waals surface area contributed by atoms with E-state index < -0.39 is 0 Å². The quantitative estimate of drug-likeness (QED) is 0.617. The topological polar surface area (TPSA) is 0 Å². The Hall–Kier alpha value is -1.56. The zero-order valence-electron chi connectivity index (χ0n) is 12.5. The lowest BCUT2D eigenvalue weighted by atomic mass is 10.0. The Morgan fingerprint density at radius 3 is 1.58 bits per heavy atom. The Morgan fingerprint density at radius 1 is 0.579 bits per heavy atom. The number of aryl methyl sites for hydroxylation is 1. The third-order valence-corrected chi connectivity index (χ3v) is 3.10. The monoisotopic (exact) mass is 254 g/mol. The minimum Gasteiger partial charge on any atom is -0.0654 e. The number of hydrogen-bond donors (Lipinski definition) is 0. The molecule has 0 unspecified atom stereocenters. The summed E-state index contributed by atoms with van der Waals surface area (Å²) < 4.78 is 0. The summed E-state index contributed by atoms with van der Waals surface area (Å²) in [6.07, 6.45) is 5.03. The van der Waals surface area contributed by atoms with Gasteiger partial charge in [-0.3, -0.25) is 0 Å². The third kappa shape index (κ3) is 5.74. The van der Waals surface area contributed by atoms with Gasteiger partial charge >= 0.3 is 0 Å². The molecule has 0 amide bonds. The van der Waals surface area contributed by atoms with Crippen LogP contribution >= 0.6 is 0 Å². The van der Waals surface area contributed by atoms with Crippen molar-refractivity contribution >= 4 is 0 Å². The van der Waals surface area contributed by atoms with Crippen molar-refractivity contribution in [3.05, 3.63) is 60.2 Å². The molecule has 2 aromatic carbocycles. The molecular weight excluding hydrogens is 228 g/mol. The molecule has 0 nitrogen and oxygen atoms in total. The van der Waals surface area contributed by atoms with E-state index in [1.54, 1.807) is 0 Å². The predicted molar refractivity (Wildman–Crippen MR) is 86.5 cm³/mol. The van der Waals surface area contributed by atoms with E-state index in [1.807, 2.05) is 0 Å². The van der Waals surface area contributed by atoms with Crippen LogP contribution in [-0.2, 0) is 6.42 Å². The highest BCUT2D eigenvalue weighted by molar-refractivity contribution is 5.63. The lowest BCUT2D eigenvalue weighted by Crippen LogP contribution is -1.83. The summed E-state index contributed by atoms with van der Waals surface area (Å²) in [7, 11) is 0. The molecule has 0 aromatic heterocycles. The molecule has 0 heteroatoms. The SMILES string of the molecule is CCCC.CCCc1ccc(-c2ccccc2)cc1.